The molecule has 150 valence electrons. The van der Waals surface area contributed by atoms with Crippen LogP contribution in [0.1, 0.15) is 43.6 Å². The molecule has 0 spiro atoms. The van der Waals surface area contributed by atoms with E-state index in [0.717, 1.165) is 18.1 Å². The Morgan fingerprint density at radius 1 is 1.26 bits per heavy atom. The number of rotatable bonds is 4. The first-order valence-electron chi connectivity index (χ1n) is 9.00. The molecule has 0 radical (unpaired) electrons. The van der Waals surface area contributed by atoms with E-state index in [9.17, 15) is 9.59 Å². The van der Waals surface area contributed by atoms with Crippen LogP contribution < -0.4 is 16.0 Å². The van der Waals surface area contributed by atoms with Crippen molar-refractivity contribution in [3.05, 3.63) is 35.4 Å². The summed E-state index contributed by atoms with van der Waals surface area (Å²) in [6.45, 7) is 10.8. The fourth-order valence-corrected chi connectivity index (χ4v) is 2.58. The molecule has 1 aromatic carbocycles. The van der Waals surface area contributed by atoms with Gasteiger partial charge in [0, 0.05) is 30.7 Å². The number of benzene rings is 1. The zero-order chi connectivity index (χ0) is 19.2. The van der Waals surface area contributed by atoms with Gasteiger partial charge in [-0.15, -0.1) is 24.0 Å². The molecule has 1 saturated heterocycles. The minimum atomic E-state index is -0.113. The molecule has 7 nitrogen and oxygen atoms in total. The molecule has 1 aromatic rings. The van der Waals surface area contributed by atoms with Crippen molar-refractivity contribution in [2.24, 2.45) is 4.99 Å². The molecule has 27 heavy (non-hydrogen) atoms. The molecular weight excluding hydrogens is 457 g/mol. The molecule has 1 aliphatic rings. The number of hydrogen-bond acceptors (Lipinski definition) is 3. The highest BCUT2D eigenvalue weighted by atomic mass is 127. The fourth-order valence-electron chi connectivity index (χ4n) is 2.58. The normalized spacial score (nSPS) is 14.9. The third kappa shape index (κ3) is 7.74. The Bertz CT molecular complexity index is 668. The first-order chi connectivity index (χ1) is 12.3. The number of carbonyl (C=O) groups is 2. The maximum absolute atomic E-state index is 12.5. The van der Waals surface area contributed by atoms with Crippen LogP contribution in [-0.2, 0) is 11.3 Å². The van der Waals surface area contributed by atoms with E-state index in [1.807, 2.05) is 19.1 Å². The van der Waals surface area contributed by atoms with E-state index in [2.05, 4.69) is 41.7 Å². The fraction of sp³-hybridized carbons (Fsp3) is 0.526. The molecular formula is C19H30IN5O2. The second-order valence-corrected chi connectivity index (χ2v) is 7.34. The number of guanidine groups is 1. The van der Waals surface area contributed by atoms with E-state index in [4.69, 9.17) is 0 Å². The van der Waals surface area contributed by atoms with Gasteiger partial charge in [-0.05, 0) is 45.4 Å². The summed E-state index contributed by atoms with van der Waals surface area (Å²) in [7, 11) is 0. The van der Waals surface area contributed by atoms with Gasteiger partial charge in [-0.3, -0.25) is 9.59 Å². The van der Waals surface area contributed by atoms with E-state index in [-0.39, 0.29) is 47.9 Å². The van der Waals surface area contributed by atoms with E-state index >= 15 is 0 Å². The molecule has 0 aromatic heterocycles. The van der Waals surface area contributed by atoms with E-state index in [1.165, 1.54) is 0 Å². The lowest BCUT2D eigenvalue weighted by atomic mass is 10.1. The van der Waals surface area contributed by atoms with E-state index in [1.54, 1.807) is 17.0 Å². The van der Waals surface area contributed by atoms with Crippen molar-refractivity contribution >= 4 is 41.8 Å². The summed E-state index contributed by atoms with van der Waals surface area (Å²) in [4.78, 5) is 30.1. The lowest BCUT2D eigenvalue weighted by Gasteiger charge is -2.26. The Hall–Kier alpha value is -1.84. The molecule has 0 atom stereocenters. The van der Waals surface area contributed by atoms with Gasteiger partial charge in [0.25, 0.3) is 5.91 Å². The lowest BCUT2D eigenvalue weighted by molar-refractivity contribution is -0.123. The summed E-state index contributed by atoms with van der Waals surface area (Å²) in [5.41, 5.74) is 1.54. The van der Waals surface area contributed by atoms with Crippen molar-refractivity contribution in [1.82, 2.24) is 20.9 Å². The highest BCUT2D eigenvalue weighted by Crippen LogP contribution is 2.10. The summed E-state index contributed by atoms with van der Waals surface area (Å²) >= 11 is 0. The first-order valence-corrected chi connectivity index (χ1v) is 9.00. The first kappa shape index (κ1) is 23.2. The number of amides is 2. The lowest BCUT2D eigenvalue weighted by Crippen LogP contribution is -2.49. The van der Waals surface area contributed by atoms with Gasteiger partial charge in [0.2, 0.25) is 5.91 Å². The average molecular weight is 487 g/mol. The molecule has 0 unspecified atom stereocenters. The standard InChI is InChI=1S/C19H29N5O2.HI/c1-5-20-18(23-19(2,3)4)22-12-14-6-8-15(9-7-14)17(26)24-11-10-21-16(25)13-24;/h6-9H,5,10-13H2,1-4H3,(H,21,25)(H2,20,22,23);1H. The van der Waals surface area contributed by atoms with Crippen molar-refractivity contribution in [3.8, 4) is 0 Å². The van der Waals surface area contributed by atoms with Crippen molar-refractivity contribution < 1.29 is 9.59 Å². The number of halogens is 1. The van der Waals surface area contributed by atoms with Crippen molar-refractivity contribution in [1.29, 1.82) is 0 Å². The summed E-state index contributed by atoms with van der Waals surface area (Å²) in [5.74, 6) is 0.537. The van der Waals surface area contributed by atoms with Crippen molar-refractivity contribution in [2.45, 2.75) is 39.8 Å². The van der Waals surface area contributed by atoms with Gasteiger partial charge in [-0.25, -0.2) is 4.99 Å². The van der Waals surface area contributed by atoms with Crippen LogP contribution in [-0.4, -0.2) is 54.4 Å². The molecule has 0 aliphatic carbocycles. The van der Waals surface area contributed by atoms with Gasteiger partial charge in [0.15, 0.2) is 5.96 Å². The summed E-state index contributed by atoms with van der Waals surface area (Å²) in [6.07, 6.45) is 0. The SMILES string of the molecule is CCNC(=NCc1ccc(C(=O)N2CCNC(=O)C2)cc1)NC(C)(C)C.I. The maximum Gasteiger partial charge on any atom is 0.254 e. The van der Waals surface area contributed by atoms with E-state index in [0.29, 0.717) is 25.2 Å². The van der Waals surface area contributed by atoms with Crippen LogP contribution in [0, 0.1) is 0 Å². The van der Waals surface area contributed by atoms with Crippen LogP contribution in [0.5, 0.6) is 0 Å². The largest absolute Gasteiger partial charge is 0.357 e. The van der Waals surface area contributed by atoms with Crippen LogP contribution >= 0.6 is 24.0 Å². The number of hydrogen-bond donors (Lipinski definition) is 3. The third-order valence-corrected chi connectivity index (χ3v) is 3.78. The molecule has 2 amide bonds. The average Bonchev–Trinajstić information content (AvgIpc) is 2.58. The Morgan fingerprint density at radius 2 is 1.93 bits per heavy atom. The predicted molar refractivity (Wildman–Crippen MR) is 118 cm³/mol. The topological polar surface area (TPSA) is 85.8 Å². The summed E-state index contributed by atoms with van der Waals surface area (Å²) < 4.78 is 0. The van der Waals surface area contributed by atoms with Gasteiger partial charge in [0.05, 0.1) is 13.1 Å². The zero-order valence-electron chi connectivity index (χ0n) is 16.5. The van der Waals surface area contributed by atoms with Crippen LogP contribution in [0.15, 0.2) is 29.3 Å². The Balaban J connectivity index is 0.00000364. The zero-order valence-corrected chi connectivity index (χ0v) is 18.8. The van der Waals surface area contributed by atoms with Crippen LogP contribution in [0.25, 0.3) is 0 Å². The molecule has 1 fully saturated rings. The van der Waals surface area contributed by atoms with Crippen LogP contribution in [0.2, 0.25) is 0 Å². The van der Waals surface area contributed by atoms with Gasteiger partial charge in [0.1, 0.15) is 0 Å². The smallest absolute Gasteiger partial charge is 0.254 e. The number of piperazine rings is 1. The van der Waals surface area contributed by atoms with Gasteiger partial charge in [-0.2, -0.15) is 0 Å². The quantitative estimate of drug-likeness (QED) is 0.343. The second kappa shape index (κ2) is 10.5. The highest BCUT2D eigenvalue weighted by molar-refractivity contribution is 14.0. The highest BCUT2D eigenvalue weighted by Gasteiger charge is 2.22. The van der Waals surface area contributed by atoms with Gasteiger partial charge >= 0.3 is 0 Å². The molecule has 1 aliphatic heterocycles. The molecule has 0 bridgehead atoms. The number of nitrogens with zero attached hydrogens (tertiary/aromatic N) is 2. The summed E-state index contributed by atoms with van der Waals surface area (Å²) in [6, 6.07) is 7.40. The minimum Gasteiger partial charge on any atom is -0.357 e. The predicted octanol–water partition coefficient (Wildman–Crippen LogP) is 1.73. The van der Waals surface area contributed by atoms with Crippen LogP contribution in [0.3, 0.4) is 0 Å². The molecule has 3 N–H and O–H groups in total. The van der Waals surface area contributed by atoms with Gasteiger partial charge in [-0.1, -0.05) is 12.1 Å². The van der Waals surface area contributed by atoms with E-state index < -0.39 is 0 Å². The minimum absolute atomic E-state index is 0. The summed E-state index contributed by atoms with van der Waals surface area (Å²) in [5, 5.41) is 9.29. The Labute approximate surface area is 178 Å². The molecule has 0 saturated carbocycles. The Morgan fingerprint density at radius 3 is 2.48 bits per heavy atom. The molecule has 8 heteroatoms. The molecule has 2 rings (SSSR count). The third-order valence-electron chi connectivity index (χ3n) is 3.78. The van der Waals surface area contributed by atoms with Crippen molar-refractivity contribution in [3.63, 3.8) is 0 Å². The number of nitrogens with one attached hydrogen (secondary N) is 3. The van der Waals surface area contributed by atoms with Gasteiger partial charge < -0.3 is 20.9 Å². The number of carbonyl (C=O) groups excluding carboxylic acids is 2. The van der Waals surface area contributed by atoms with Crippen LogP contribution in [0.4, 0.5) is 0 Å². The number of aliphatic imine (C=N–C) groups is 1. The molecule has 1 heterocycles. The maximum atomic E-state index is 12.5. The van der Waals surface area contributed by atoms with Crippen molar-refractivity contribution in [2.75, 3.05) is 26.2 Å². The monoisotopic (exact) mass is 487 g/mol. The second-order valence-electron chi connectivity index (χ2n) is 7.34. The Kier molecular flexibility index (Phi) is 9.01.